The minimum Gasteiger partial charge on any atom is -0.347 e. The highest BCUT2D eigenvalue weighted by Crippen LogP contribution is 2.41. The van der Waals surface area contributed by atoms with Crippen LogP contribution in [0.5, 0.6) is 0 Å². The van der Waals surface area contributed by atoms with Crippen molar-refractivity contribution in [3.05, 3.63) is 65.2 Å². The molecule has 1 saturated heterocycles. The van der Waals surface area contributed by atoms with Crippen LogP contribution in [0.3, 0.4) is 0 Å². The second-order valence-electron chi connectivity index (χ2n) is 7.76. The average molecular weight is 458 g/mol. The Hall–Kier alpha value is -2.55. The molecule has 0 aliphatic carbocycles. The third-order valence-corrected chi connectivity index (χ3v) is 7.87. The van der Waals surface area contributed by atoms with Crippen LogP contribution in [0.1, 0.15) is 30.1 Å². The van der Waals surface area contributed by atoms with E-state index in [2.05, 4.69) is 9.97 Å². The smallest absolute Gasteiger partial charge is 0.245 e. The molecule has 9 heteroatoms. The normalized spacial score (nSPS) is 17.1. The second kappa shape index (κ2) is 8.53. The number of aromatic nitrogens is 3. The van der Waals surface area contributed by atoms with Crippen molar-refractivity contribution >= 4 is 27.6 Å². The Morgan fingerprint density at radius 1 is 1.13 bits per heavy atom. The molecule has 1 aliphatic heterocycles. The van der Waals surface area contributed by atoms with Crippen molar-refractivity contribution < 1.29 is 8.42 Å². The van der Waals surface area contributed by atoms with E-state index in [0.717, 1.165) is 23.1 Å². The van der Waals surface area contributed by atoms with Crippen LogP contribution in [0.2, 0.25) is 5.02 Å². The minimum atomic E-state index is -3.79. The molecule has 7 nitrogen and oxygen atoms in total. The highest BCUT2D eigenvalue weighted by atomic mass is 35.5. The van der Waals surface area contributed by atoms with E-state index in [1.165, 1.54) is 4.31 Å². The number of pyridine rings is 1. The predicted octanol–water partition coefficient (Wildman–Crippen LogP) is 4.09. The molecule has 1 atom stereocenters. The molecule has 0 N–H and O–H groups in total. The Morgan fingerprint density at radius 2 is 1.90 bits per heavy atom. The monoisotopic (exact) mass is 457 g/mol. The van der Waals surface area contributed by atoms with Crippen LogP contribution in [0.25, 0.3) is 11.1 Å². The molecule has 1 fully saturated rings. The SMILES string of the molecule is Cc1cnccc1-c1cnc(N(C)C)nc1[C@H]1CCCN1S(=O)(=O)c1ccccc1Cl. The maximum absolute atomic E-state index is 13.6. The fraction of sp³-hybridized carbons (Fsp3) is 0.318. The Bertz CT molecular complexity index is 1220. The van der Waals surface area contributed by atoms with E-state index >= 15 is 0 Å². The van der Waals surface area contributed by atoms with E-state index in [9.17, 15) is 8.42 Å². The summed E-state index contributed by atoms with van der Waals surface area (Å²) >= 11 is 6.25. The highest BCUT2D eigenvalue weighted by molar-refractivity contribution is 7.89. The second-order valence-corrected chi connectivity index (χ2v) is 10.0. The summed E-state index contributed by atoms with van der Waals surface area (Å²) in [6, 6.07) is 8.05. The summed E-state index contributed by atoms with van der Waals surface area (Å²) in [5, 5.41) is 0.218. The third-order valence-electron chi connectivity index (χ3n) is 5.46. The van der Waals surface area contributed by atoms with Gasteiger partial charge in [-0.3, -0.25) is 4.98 Å². The highest BCUT2D eigenvalue weighted by Gasteiger charge is 2.39. The summed E-state index contributed by atoms with van der Waals surface area (Å²) in [7, 11) is -0.0649. The van der Waals surface area contributed by atoms with Gasteiger partial charge in [-0.15, -0.1) is 0 Å². The summed E-state index contributed by atoms with van der Waals surface area (Å²) < 4.78 is 28.6. The molecule has 1 aromatic carbocycles. The standard InChI is InChI=1S/C22H24ClN5O2S/c1-15-13-24-11-10-16(15)17-14-25-22(27(2)3)26-21(17)19-8-6-12-28(19)31(29,30)20-9-5-4-7-18(20)23/h4-5,7,9-11,13-14,19H,6,8,12H2,1-3H3/t19-/m1/s1. The molecule has 3 heterocycles. The van der Waals surface area contributed by atoms with E-state index < -0.39 is 16.1 Å². The van der Waals surface area contributed by atoms with Crippen molar-refractivity contribution in [2.75, 3.05) is 25.5 Å². The molecule has 0 spiro atoms. The van der Waals surface area contributed by atoms with E-state index in [4.69, 9.17) is 16.6 Å². The topological polar surface area (TPSA) is 79.3 Å². The first-order valence-corrected chi connectivity index (χ1v) is 11.8. The average Bonchev–Trinajstić information content (AvgIpc) is 3.25. The number of hydrogen-bond donors (Lipinski definition) is 0. The summed E-state index contributed by atoms with van der Waals surface area (Å²) in [6.07, 6.45) is 6.69. The van der Waals surface area contributed by atoms with Gasteiger partial charge in [-0.2, -0.15) is 4.31 Å². The molecule has 1 aliphatic rings. The van der Waals surface area contributed by atoms with Gasteiger partial charge in [-0.05, 0) is 49.1 Å². The molecule has 2 aromatic heterocycles. The van der Waals surface area contributed by atoms with Crippen molar-refractivity contribution in [1.29, 1.82) is 0 Å². The number of nitrogens with zero attached hydrogens (tertiary/aromatic N) is 5. The van der Waals surface area contributed by atoms with Gasteiger partial charge in [0.2, 0.25) is 16.0 Å². The van der Waals surface area contributed by atoms with Gasteiger partial charge in [-0.25, -0.2) is 18.4 Å². The number of anilines is 1. The fourth-order valence-electron chi connectivity index (χ4n) is 3.92. The van der Waals surface area contributed by atoms with Gasteiger partial charge >= 0.3 is 0 Å². The van der Waals surface area contributed by atoms with Crippen LogP contribution in [0.15, 0.2) is 53.8 Å². The number of hydrogen-bond acceptors (Lipinski definition) is 6. The Kier molecular flexibility index (Phi) is 5.96. The minimum absolute atomic E-state index is 0.118. The van der Waals surface area contributed by atoms with Gasteiger partial charge in [0, 0.05) is 44.8 Å². The zero-order valence-electron chi connectivity index (χ0n) is 17.7. The van der Waals surface area contributed by atoms with Crippen LogP contribution >= 0.6 is 11.6 Å². The molecule has 0 unspecified atom stereocenters. The molecule has 3 aromatic rings. The maximum atomic E-state index is 13.6. The lowest BCUT2D eigenvalue weighted by molar-refractivity contribution is 0.391. The first-order chi connectivity index (χ1) is 14.8. The van der Waals surface area contributed by atoms with E-state index in [0.29, 0.717) is 24.6 Å². The van der Waals surface area contributed by atoms with Crippen LogP contribution in [-0.2, 0) is 10.0 Å². The zero-order valence-corrected chi connectivity index (χ0v) is 19.2. The third kappa shape index (κ3) is 4.03. The van der Waals surface area contributed by atoms with Gasteiger partial charge in [0.1, 0.15) is 4.90 Å². The van der Waals surface area contributed by atoms with E-state index in [1.807, 2.05) is 32.0 Å². The maximum Gasteiger partial charge on any atom is 0.245 e. The van der Waals surface area contributed by atoms with Crippen molar-refractivity contribution in [3.63, 3.8) is 0 Å². The number of aryl methyl sites for hydroxylation is 1. The molecule has 0 bridgehead atoms. The lowest BCUT2D eigenvalue weighted by Crippen LogP contribution is -2.32. The van der Waals surface area contributed by atoms with Gasteiger partial charge < -0.3 is 4.90 Å². The number of halogens is 1. The quantitative estimate of drug-likeness (QED) is 0.574. The van der Waals surface area contributed by atoms with Crippen LogP contribution < -0.4 is 4.90 Å². The number of rotatable bonds is 5. The Balaban J connectivity index is 1.87. The van der Waals surface area contributed by atoms with Crippen LogP contribution in [-0.4, -0.2) is 48.3 Å². The summed E-state index contributed by atoms with van der Waals surface area (Å²) in [5.41, 5.74) is 3.43. The molecule has 162 valence electrons. The van der Waals surface area contributed by atoms with Gasteiger partial charge in [-0.1, -0.05) is 23.7 Å². The summed E-state index contributed by atoms with van der Waals surface area (Å²) in [5.74, 6) is 0.535. The van der Waals surface area contributed by atoms with Crippen molar-refractivity contribution in [2.45, 2.75) is 30.7 Å². The molecule has 0 amide bonds. The van der Waals surface area contributed by atoms with Crippen LogP contribution in [0, 0.1) is 6.92 Å². The van der Waals surface area contributed by atoms with Crippen LogP contribution in [0.4, 0.5) is 5.95 Å². The molecule has 4 rings (SSSR count). The Labute approximate surface area is 187 Å². The predicted molar refractivity (Wildman–Crippen MR) is 122 cm³/mol. The number of sulfonamides is 1. The number of benzene rings is 1. The van der Waals surface area contributed by atoms with Gasteiger partial charge in [0.05, 0.1) is 16.8 Å². The van der Waals surface area contributed by atoms with Crippen molar-refractivity contribution in [2.24, 2.45) is 0 Å². The molecule has 0 radical (unpaired) electrons. The van der Waals surface area contributed by atoms with Gasteiger partial charge in [0.25, 0.3) is 0 Å². The summed E-state index contributed by atoms with van der Waals surface area (Å²) in [6.45, 7) is 2.38. The van der Waals surface area contributed by atoms with Crippen molar-refractivity contribution in [1.82, 2.24) is 19.3 Å². The van der Waals surface area contributed by atoms with E-state index in [1.54, 1.807) is 42.9 Å². The van der Waals surface area contributed by atoms with Gasteiger partial charge in [0.15, 0.2) is 0 Å². The lowest BCUT2D eigenvalue weighted by atomic mass is 9.98. The zero-order chi connectivity index (χ0) is 22.2. The fourth-order valence-corrected chi connectivity index (χ4v) is 6.07. The summed E-state index contributed by atoms with van der Waals surface area (Å²) in [4.78, 5) is 15.4. The molecular formula is C22H24ClN5O2S. The first kappa shape index (κ1) is 21.7. The van der Waals surface area contributed by atoms with E-state index in [-0.39, 0.29) is 9.92 Å². The molecule has 0 saturated carbocycles. The van der Waals surface area contributed by atoms with Crippen molar-refractivity contribution in [3.8, 4) is 11.1 Å². The molecular weight excluding hydrogens is 434 g/mol. The largest absolute Gasteiger partial charge is 0.347 e. The first-order valence-electron chi connectivity index (χ1n) is 10.0. The molecule has 31 heavy (non-hydrogen) atoms. The Morgan fingerprint density at radius 3 is 2.61 bits per heavy atom. The lowest BCUT2D eigenvalue weighted by Gasteiger charge is -2.26.